The van der Waals surface area contributed by atoms with Crippen molar-refractivity contribution in [1.29, 1.82) is 0 Å². The van der Waals surface area contributed by atoms with E-state index in [2.05, 4.69) is 0 Å². The summed E-state index contributed by atoms with van der Waals surface area (Å²) in [5.74, 6) is -0.268. The van der Waals surface area contributed by atoms with Crippen molar-refractivity contribution in [3.63, 3.8) is 0 Å². The summed E-state index contributed by atoms with van der Waals surface area (Å²) in [5.41, 5.74) is 2.16. The van der Waals surface area contributed by atoms with E-state index in [9.17, 15) is 9.59 Å². The van der Waals surface area contributed by atoms with Gasteiger partial charge < -0.3 is 9.47 Å². The number of carbonyl (C=O) groups is 2. The Bertz CT molecular complexity index is 1060. The van der Waals surface area contributed by atoms with Gasteiger partial charge in [0.15, 0.2) is 6.10 Å². The number of halogens is 1. The molecule has 0 aliphatic rings. The van der Waals surface area contributed by atoms with Gasteiger partial charge in [0, 0.05) is 16.1 Å². The van der Waals surface area contributed by atoms with E-state index in [1.54, 1.807) is 44.4 Å². The van der Waals surface area contributed by atoms with Crippen LogP contribution in [0.15, 0.2) is 78.9 Å². The van der Waals surface area contributed by atoms with Gasteiger partial charge in [-0.2, -0.15) is 0 Å². The fourth-order valence-electron chi connectivity index (χ4n) is 2.95. The van der Waals surface area contributed by atoms with E-state index < -0.39 is 12.1 Å². The quantitative estimate of drug-likeness (QED) is 0.213. The summed E-state index contributed by atoms with van der Waals surface area (Å²) in [4.78, 5) is 25.7. The van der Waals surface area contributed by atoms with Gasteiger partial charge in [0.25, 0.3) is 0 Å². The average molecular weight is 421 g/mol. The van der Waals surface area contributed by atoms with E-state index in [0.29, 0.717) is 27.5 Å². The van der Waals surface area contributed by atoms with E-state index in [1.807, 2.05) is 54.6 Å². The highest BCUT2D eigenvalue weighted by atomic mass is 35.5. The lowest BCUT2D eigenvalue weighted by Gasteiger charge is -2.15. The molecule has 3 aromatic carbocycles. The van der Waals surface area contributed by atoms with Crippen molar-refractivity contribution < 1.29 is 19.1 Å². The standard InChI is InChI=1S/C25H21ClO4/c1-17(24(27)19-12-14-21(26)15-13-19)30-25(28)22(18-8-4-3-5-9-18)16-20-10-6-7-11-23(20)29-2/h3-17H,1-2H3/b22-16+/t17-/m1/s1. The Hall–Kier alpha value is -3.37. The third kappa shape index (κ3) is 5.16. The first-order valence-corrected chi connectivity index (χ1v) is 9.78. The highest BCUT2D eigenvalue weighted by Gasteiger charge is 2.23. The highest BCUT2D eigenvalue weighted by Crippen LogP contribution is 2.26. The van der Waals surface area contributed by atoms with Gasteiger partial charge in [-0.25, -0.2) is 4.79 Å². The topological polar surface area (TPSA) is 52.6 Å². The Morgan fingerprint density at radius 1 is 0.867 bits per heavy atom. The molecule has 3 aromatic rings. The Kier molecular flexibility index (Phi) is 7.04. The lowest BCUT2D eigenvalue weighted by atomic mass is 10.0. The maximum atomic E-state index is 13.0. The molecule has 0 aliphatic carbocycles. The maximum Gasteiger partial charge on any atom is 0.339 e. The molecule has 5 heteroatoms. The number of hydrogen-bond donors (Lipinski definition) is 0. The molecule has 1 atom stereocenters. The zero-order chi connectivity index (χ0) is 21.5. The molecule has 0 fully saturated rings. The number of carbonyl (C=O) groups excluding carboxylic acids is 2. The minimum absolute atomic E-state index is 0.301. The van der Waals surface area contributed by atoms with Crippen molar-refractivity contribution in [3.05, 3.63) is 101 Å². The Morgan fingerprint density at radius 2 is 1.50 bits per heavy atom. The van der Waals surface area contributed by atoms with Gasteiger partial charge in [0.2, 0.25) is 5.78 Å². The van der Waals surface area contributed by atoms with E-state index in [0.717, 1.165) is 5.56 Å². The maximum absolute atomic E-state index is 13.0. The largest absolute Gasteiger partial charge is 0.496 e. The molecule has 0 bridgehead atoms. The summed E-state index contributed by atoms with van der Waals surface area (Å²) in [6.45, 7) is 1.56. The number of benzene rings is 3. The predicted octanol–water partition coefficient (Wildman–Crippen LogP) is 5.70. The monoisotopic (exact) mass is 420 g/mol. The average Bonchev–Trinajstić information content (AvgIpc) is 2.78. The fraction of sp³-hybridized carbons (Fsp3) is 0.120. The number of methoxy groups -OCH3 is 1. The third-order valence-corrected chi connectivity index (χ3v) is 4.78. The van der Waals surface area contributed by atoms with Crippen molar-refractivity contribution in [2.75, 3.05) is 7.11 Å². The molecule has 0 aromatic heterocycles. The number of Topliss-reactive ketones (excluding diaryl/α,β-unsaturated/α-hetero) is 1. The first-order valence-electron chi connectivity index (χ1n) is 9.40. The van der Waals surface area contributed by atoms with Crippen LogP contribution >= 0.6 is 11.6 Å². The number of hydrogen-bond acceptors (Lipinski definition) is 4. The molecule has 0 spiro atoms. The number of para-hydroxylation sites is 1. The van der Waals surface area contributed by atoms with Gasteiger partial charge in [-0.3, -0.25) is 4.79 Å². The molecule has 3 rings (SSSR count). The van der Waals surface area contributed by atoms with Gasteiger partial charge in [-0.15, -0.1) is 0 Å². The first kappa shape index (κ1) is 21.3. The zero-order valence-corrected chi connectivity index (χ0v) is 17.4. The molecule has 0 aliphatic heterocycles. The van der Waals surface area contributed by atoms with Crippen molar-refractivity contribution in [2.24, 2.45) is 0 Å². The number of esters is 1. The summed E-state index contributed by atoms with van der Waals surface area (Å²) >= 11 is 5.88. The Labute approximate surface area is 180 Å². The second-order valence-electron chi connectivity index (χ2n) is 6.58. The van der Waals surface area contributed by atoms with E-state index in [1.165, 1.54) is 0 Å². The van der Waals surface area contributed by atoms with Crippen LogP contribution in [0.1, 0.15) is 28.4 Å². The van der Waals surface area contributed by atoms with Crippen LogP contribution in [0, 0.1) is 0 Å². The summed E-state index contributed by atoms with van der Waals surface area (Å²) < 4.78 is 10.9. The van der Waals surface area contributed by atoms with Gasteiger partial charge in [-0.1, -0.05) is 60.1 Å². The van der Waals surface area contributed by atoms with E-state index >= 15 is 0 Å². The first-order chi connectivity index (χ1) is 14.5. The highest BCUT2D eigenvalue weighted by molar-refractivity contribution is 6.30. The van der Waals surface area contributed by atoms with Crippen LogP contribution in [0.5, 0.6) is 5.75 Å². The summed E-state index contributed by atoms with van der Waals surface area (Å²) in [5, 5.41) is 0.530. The van der Waals surface area contributed by atoms with Crippen molar-refractivity contribution >= 4 is 35.0 Å². The van der Waals surface area contributed by atoms with E-state index in [4.69, 9.17) is 21.1 Å². The minimum Gasteiger partial charge on any atom is -0.496 e. The molecular formula is C25H21ClO4. The SMILES string of the molecule is COc1ccccc1/C=C(/C(=O)O[C@H](C)C(=O)c1ccc(Cl)cc1)c1ccccc1. The van der Waals surface area contributed by atoms with Crippen LogP contribution in [-0.2, 0) is 9.53 Å². The van der Waals surface area contributed by atoms with Gasteiger partial charge in [0.05, 0.1) is 12.7 Å². The smallest absolute Gasteiger partial charge is 0.339 e. The van der Waals surface area contributed by atoms with Crippen molar-refractivity contribution in [2.45, 2.75) is 13.0 Å². The van der Waals surface area contributed by atoms with E-state index in [-0.39, 0.29) is 5.78 Å². The fourth-order valence-corrected chi connectivity index (χ4v) is 3.07. The molecule has 0 saturated carbocycles. The van der Waals surface area contributed by atoms with Crippen LogP contribution in [0.4, 0.5) is 0 Å². The van der Waals surface area contributed by atoms with Crippen LogP contribution in [0.25, 0.3) is 11.6 Å². The molecule has 152 valence electrons. The Morgan fingerprint density at radius 3 is 2.17 bits per heavy atom. The van der Waals surface area contributed by atoms with Crippen molar-refractivity contribution in [3.8, 4) is 5.75 Å². The molecule has 0 heterocycles. The van der Waals surface area contributed by atoms with Crippen LogP contribution in [0.3, 0.4) is 0 Å². The van der Waals surface area contributed by atoms with Gasteiger partial charge in [0.1, 0.15) is 5.75 Å². The molecule has 0 radical (unpaired) electrons. The molecule has 0 amide bonds. The van der Waals surface area contributed by atoms with Crippen LogP contribution in [0.2, 0.25) is 5.02 Å². The van der Waals surface area contributed by atoms with Gasteiger partial charge >= 0.3 is 5.97 Å². The number of ether oxygens (including phenoxy) is 2. The second kappa shape index (κ2) is 9.90. The molecule has 0 unspecified atom stereocenters. The third-order valence-electron chi connectivity index (χ3n) is 4.53. The lowest BCUT2D eigenvalue weighted by Crippen LogP contribution is -2.25. The summed E-state index contributed by atoms with van der Waals surface area (Å²) in [7, 11) is 1.57. The predicted molar refractivity (Wildman–Crippen MR) is 119 cm³/mol. The molecule has 0 N–H and O–H groups in total. The summed E-state index contributed by atoms with van der Waals surface area (Å²) in [6.07, 6.45) is 0.749. The normalized spacial score (nSPS) is 12.2. The van der Waals surface area contributed by atoms with Crippen LogP contribution in [-0.4, -0.2) is 25.0 Å². The van der Waals surface area contributed by atoms with Crippen molar-refractivity contribution in [1.82, 2.24) is 0 Å². The molecule has 0 saturated heterocycles. The second-order valence-corrected chi connectivity index (χ2v) is 7.02. The Balaban J connectivity index is 1.90. The summed E-state index contributed by atoms with van der Waals surface area (Å²) in [6, 6.07) is 23.0. The lowest BCUT2D eigenvalue weighted by molar-refractivity contribution is -0.139. The van der Waals surface area contributed by atoms with Crippen LogP contribution < -0.4 is 4.74 Å². The molecule has 30 heavy (non-hydrogen) atoms. The molecular weight excluding hydrogens is 400 g/mol. The van der Waals surface area contributed by atoms with Gasteiger partial charge in [-0.05, 0) is 48.9 Å². The number of ketones is 1. The zero-order valence-electron chi connectivity index (χ0n) is 16.7. The molecule has 4 nitrogen and oxygen atoms in total. The minimum atomic E-state index is -0.955. The number of rotatable bonds is 7.